The Morgan fingerprint density at radius 2 is 2.05 bits per heavy atom. The van der Waals surface area contributed by atoms with Crippen LogP contribution < -0.4 is 5.32 Å². The van der Waals surface area contributed by atoms with Gasteiger partial charge in [-0.25, -0.2) is 0 Å². The van der Waals surface area contributed by atoms with Gasteiger partial charge in [0.15, 0.2) is 5.11 Å². The first kappa shape index (κ1) is 14.1. The summed E-state index contributed by atoms with van der Waals surface area (Å²) in [4.78, 5) is 2.27. The van der Waals surface area contributed by atoms with Crippen molar-refractivity contribution in [2.75, 3.05) is 11.9 Å². The number of aromatic nitrogens is 1. The number of fused-ring (bicyclic) bond motifs is 1. The maximum Gasteiger partial charge on any atom is 0.174 e. The fourth-order valence-electron chi connectivity index (χ4n) is 3.00. The van der Waals surface area contributed by atoms with Gasteiger partial charge in [-0.15, -0.1) is 0 Å². The lowest BCUT2D eigenvalue weighted by Crippen LogP contribution is -2.42. The second-order valence-electron chi connectivity index (χ2n) is 5.74. The standard InChI is InChI=1S/C17H21N3S/c1-12-6-7-15(13(2)11-12)18-17(21)20-10-9-19-8-4-5-16(19)14(20)3/h4-8,11,14H,9-10H2,1-3H3,(H,18,21). The molecular formula is C17H21N3S. The Morgan fingerprint density at radius 3 is 2.81 bits per heavy atom. The fraction of sp³-hybridized carbons (Fsp3) is 0.353. The van der Waals surface area contributed by atoms with Crippen molar-refractivity contribution >= 4 is 23.0 Å². The minimum Gasteiger partial charge on any atom is -0.348 e. The lowest BCUT2D eigenvalue weighted by Gasteiger charge is -2.37. The fourth-order valence-corrected chi connectivity index (χ4v) is 3.36. The SMILES string of the molecule is Cc1ccc(NC(=S)N2CCn3cccc3C2C)c(C)c1. The van der Waals surface area contributed by atoms with Crippen LogP contribution in [0.25, 0.3) is 0 Å². The minimum atomic E-state index is 0.305. The summed E-state index contributed by atoms with van der Waals surface area (Å²) in [5.74, 6) is 0. The van der Waals surface area contributed by atoms with E-state index in [0.717, 1.165) is 23.9 Å². The van der Waals surface area contributed by atoms with E-state index in [-0.39, 0.29) is 0 Å². The van der Waals surface area contributed by atoms with Crippen molar-refractivity contribution in [1.82, 2.24) is 9.47 Å². The highest BCUT2D eigenvalue weighted by Gasteiger charge is 2.25. The molecule has 0 saturated carbocycles. The monoisotopic (exact) mass is 299 g/mol. The average Bonchev–Trinajstić information content (AvgIpc) is 2.91. The molecular weight excluding hydrogens is 278 g/mol. The molecule has 2 heterocycles. The van der Waals surface area contributed by atoms with Crippen LogP contribution in [0.5, 0.6) is 0 Å². The number of nitrogens with zero attached hydrogens (tertiary/aromatic N) is 2. The molecule has 0 radical (unpaired) electrons. The van der Waals surface area contributed by atoms with Crippen LogP contribution in [0.2, 0.25) is 0 Å². The van der Waals surface area contributed by atoms with Crippen molar-refractivity contribution in [2.45, 2.75) is 33.4 Å². The van der Waals surface area contributed by atoms with Gasteiger partial charge >= 0.3 is 0 Å². The van der Waals surface area contributed by atoms with E-state index in [0.29, 0.717) is 6.04 Å². The summed E-state index contributed by atoms with van der Waals surface area (Å²) in [5, 5.41) is 4.22. The van der Waals surface area contributed by atoms with E-state index in [1.54, 1.807) is 0 Å². The number of hydrogen-bond donors (Lipinski definition) is 1. The Balaban J connectivity index is 1.77. The first-order chi connectivity index (χ1) is 10.1. The van der Waals surface area contributed by atoms with Crippen molar-refractivity contribution in [3.63, 3.8) is 0 Å². The zero-order valence-electron chi connectivity index (χ0n) is 12.8. The predicted molar refractivity (Wildman–Crippen MR) is 91.7 cm³/mol. The molecule has 21 heavy (non-hydrogen) atoms. The summed E-state index contributed by atoms with van der Waals surface area (Å²) in [6.45, 7) is 8.36. The highest BCUT2D eigenvalue weighted by Crippen LogP contribution is 2.26. The molecule has 0 aliphatic carbocycles. The molecule has 1 aromatic heterocycles. The molecule has 0 amide bonds. The van der Waals surface area contributed by atoms with E-state index in [1.807, 2.05) is 0 Å². The molecule has 3 rings (SSSR count). The molecule has 1 atom stereocenters. The zero-order valence-corrected chi connectivity index (χ0v) is 13.6. The zero-order chi connectivity index (χ0) is 15.0. The molecule has 1 unspecified atom stereocenters. The van der Waals surface area contributed by atoms with Gasteiger partial charge in [0, 0.05) is 30.7 Å². The van der Waals surface area contributed by atoms with E-state index in [4.69, 9.17) is 12.2 Å². The van der Waals surface area contributed by atoms with E-state index in [2.05, 4.69) is 72.1 Å². The maximum absolute atomic E-state index is 5.63. The summed E-state index contributed by atoms with van der Waals surface area (Å²) < 4.78 is 2.31. The first-order valence-corrected chi connectivity index (χ1v) is 7.77. The van der Waals surface area contributed by atoms with E-state index in [1.165, 1.54) is 16.8 Å². The highest BCUT2D eigenvalue weighted by molar-refractivity contribution is 7.80. The van der Waals surface area contributed by atoms with Gasteiger partial charge in [0.1, 0.15) is 0 Å². The molecule has 1 N–H and O–H groups in total. The molecule has 1 aromatic carbocycles. The highest BCUT2D eigenvalue weighted by atomic mass is 32.1. The van der Waals surface area contributed by atoms with E-state index >= 15 is 0 Å². The Bertz CT molecular complexity index is 674. The molecule has 2 aromatic rings. The van der Waals surface area contributed by atoms with Gasteiger partial charge in [0.05, 0.1) is 6.04 Å². The molecule has 0 fully saturated rings. The normalized spacial score (nSPS) is 17.5. The Labute approximate surface area is 131 Å². The van der Waals surface area contributed by atoms with E-state index < -0.39 is 0 Å². The lowest BCUT2D eigenvalue weighted by atomic mass is 10.1. The van der Waals surface area contributed by atoms with Crippen molar-refractivity contribution in [1.29, 1.82) is 0 Å². The van der Waals surface area contributed by atoms with Crippen molar-refractivity contribution in [3.8, 4) is 0 Å². The van der Waals surface area contributed by atoms with Crippen LogP contribution in [0, 0.1) is 13.8 Å². The summed E-state index contributed by atoms with van der Waals surface area (Å²) in [6, 6.07) is 11.0. The summed E-state index contributed by atoms with van der Waals surface area (Å²) in [7, 11) is 0. The van der Waals surface area contributed by atoms with Gasteiger partial charge in [-0.1, -0.05) is 17.7 Å². The molecule has 1 aliphatic heterocycles. The number of nitrogens with one attached hydrogen (secondary N) is 1. The van der Waals surface area contributed by atoms with Gasteiger partial charge in [-0.05, 0) is 56.8 Å². The molecule has 0 spiro atoms. The summed E-state index contributed by atoms with van der Waals surface area (Å²) in [5.41, 5.74) is 4.92. The Morgan fingerprint density at radius 1 is 1.24 bits per heavy atom. The quantitative estimate of drug-likeness (QED) is 0.807. The molecule has 3 nitrogen and oxygen atoms in total. The number of anilines is 1. The largest absolute Gasteiger partial charge is 0.348 e. The van der Waals surface area contributed by atoms with Crippen LogP contribution in [0.1, 0.15) is 29.8 Å². The van der Waals surface area contributed by atoms with Gasteiger partial charge in [0.2, 0.25) is 0 Å². The molecule has 1 aliphatic rings. The van der Waals surface area contributed by atoms with Crippen molar-refractivity contribution < 1.29 is 0 Å². The second kappa shape index (κ2) is 5.53. The van der Waals surface area contributed by atoms with Gasteiger partial charge < -0.3 is 14.8 Å². The maximum atomic E-state index is 5.63. The number of benzene rings is 1. The third-order valence-electron chi connectivity index (χ3n) is 4.23. The van der Waals surface area contributed by atoms with Crippen LogP contribution in [0.15, 0.2) is 36.5 Å². The van der Waals surface area contributed by atoms with Crippen LogP contribution >= 0.6 is 12.2 Å². The van der Waals surface area contributed by atoms with E-state index in [9.17, 15) is 0 Å². The third kappa shape index (κ3) is 2.68. The van der Waals surface area contributed by atoms with Gasteiger partial charge in [-0.2, -0.15) is 0 Å². The summed E-state index contributed by atoms with van der Waals surface area (Å²) in [6.07, 6.45) is 2.14. The number of hydrogen-bond acceptors (Lipinski definition) is 1. The van der Waals surface area contributed by atoms with Crippen LogP contribution in [0.4, 0.5) is 5.69 Å². The topological polar surface area (TPSA) is 20.2 Å². The minimum absolute atomic E-state index is 0.305. The Kier molecular flexibility index (Phi) is 3.72. The molecule has 4 heteroatoms. The summed E-state index contributed by atoms with van der Waals surface area (Å²) >= 11 is 5.63. The van der Waals surface area contributed by atoms with Crippen LogP contribution in [-0.4, -0.2) is 21.1 Å². The van der Waals surface area contributed by atoms with Crippen LogP contribution in [0.3, 0.4) is 0 Å². The van der Waals surface area contributed by atoms with Crippen molar-refractivity contribution in [2.24, 2.45) is 0 Å². The molecule has 110 valence electrons. The lowest BCUT2D eigenvalue weighted by molar-refractivity contribution is 0.276. The predicted octanol–water partition coefficient (Wildman–Crippen LogP) is 3.88. The second-order valence-corrected chi connectivity index (χ2v) is 6.13. The number of thiocarbonyl (C=S) groups is 1. The average molecular weight is 299 g/mol. The molecule has 0 bridgehead atoms. The van der Waals surface area contributed by atoms with Gasteiger partial charge in [0.25, 0.3) is 0 Å². The first-order valence-electron chi connectivity index (χ1n) is 7.36. The number of rotatable bonds is 1. The third-order valence-corrected chi connectivity index (χ3v) is 4.56. The number of aryl methyl sites for hydroxylation is 2. The van der Waals surface area contributed by atoms with Crippen molar-refractivity contribution in [3.05, 3.63) is 53.3 Å². The molecule has 0 saturated heterocycles. The van der Waals surface area contributed by atoms with Crippen LogP contribution in [-0.2, 0) is 6.54 Å². The smallest absolute Gasteiger partial charge is 0.174 e. The Hall–Kier alpha value is -1.81. The van der Waals surface area contributed by atoms with Gasteiger partial charge in [-0.3, -0.25) is 0 Å².